The molecule has 1 N–H and O–H groups in total. The number of nitrogens with one attached hydrogen (secondary N) is 1. The number of hydrogen-bond donors (Lipinski definition) is 1. The molecule has 2 fully saturated rings. The van der Waals surface area contributed by atoms with Crippen LogP contribution in [0.2, 0.25) is 0 Å². The van der Waals surface area contributed by atoms with Crippen molar-refractivity contribution in [2.24, 2.45) is 11.8 Å². The van der Waals surface area contributed by atoms with Gasteiger partial charge in [-0.3, -0.25) is 9.59 Å². The van der Waals surface area contributed by atoms with Gasteiger partial charge in [-0.25, -0.2) is 0 Å². The van der Waals surface area contributed by atoms with Crippen molar-refractivity contribution < 1.29 is 14.3 Å². The lowest BCUT2D eigenvalue weighted by molar-refractivity contribution is -0.142. The van der Waals surface area contributed by atoms with Gasteiger partial charge in [-0.1, -0.05) is 13.3 Å². The van der Waals surface area contributed by atoms with E-state index in [-0.39, 0.29) is 29.7 Å². The van der Waals surface area contributed by atoms with E-state index in [4.69, 9.17) is 4.74 Å². The third kappa shape index (κ3) is 4.19. The van der Waals surface area contributed by atoms with Crippen LogP contribution in [0.3, 0.4) is 0 Å². The van der Waals surface area contributed by atoms with Gasteiger partial charge in [0.2, 0.25) is 11.8 Å². The second kappa shape index (κ2) is 7.78. The predicted octanol–water partition coefficient (Wildman–Crippen LogP) is 1.57. The maximum atomic E-state index is 12.6. The second-order valence-corrected chi connectivity index (χ2v) is 6.32. The Bertz CT molecular complexity index is 367. The van der Waals surface area contributed by atoms with Crippen LogP contribution in [0.15, 0.2) is 0 Å². The lowest BCUT2D eigenvalue weighted by atomic mass is 9.91. The predicted molar refractivity (Wildman–Crippen MR) is 80.7 cm³/mol. The molecule has 21 heavy (non-hydrogen) atoms. The van der Waals surface area contributed by atoms with E-state index in [1.807, 2.05) is 4.90 Å². The van der Waals surface area contributed by atoms with Gasteiger partial charge in [-0.05, 0) is 32.6 Å². The van der Waals surface area contributed by atoms with Crippen LogP contribution in [0.25, 0.3) is 0 Å². The van der Waals surface area contributed by atoms with E-state index < -0.39 is 0 Å². The highest BCUT2D eigenvalue weighted by Crippen LogP contribution is 2.26. The number of carbonyl (C=O) groups is 2. The Balaban J connectivity index is 1.89. The number of likely N-dealkylation sites (tertiary alicyclic amines) is 1. The third-order valence-corrected chi connectivity index (χ3v) is 4.64. The Kier molecular flexibility index (Phi) is 6.03. The van der Waals surface area contributed by atoms with Gasteiger partial charge in [0, 0.05) is 25.7 Å². The van der Waals surface area contributed by atoms with Gasteiger partial charge in [-0.15, -0.1) is 0 Å². The molecule has 5 heteroatoms. The fourth-order valence-corrected chi connectivity index (χ4v) is 3.12. The van der Waals surface area contributed by atoms with Crippen LogP contribution in [0, 0.1) is 11.8 Å². The Hall–Kier alpha value is -1.10. The van der Waals surface area contributed by atoms with E-state index in [9.17, 15) is 9.59 Å². The molecule has 0 saturated carbocycles. The SMILES string of the molecule is CCCCNC(=O)C1CCC(C)N(C(=O)C2CCOC2)C1. The van der Waals surface area contributed by atoms with Crippen LogP contribution in [0.4, 0.5) is 0 Å². The molecule has 2 amide bonds. The highest BCUT2D eigenvalue weighted by Gasteiger charge is 2.36. The zero-order valence-electron chi connectivity index (χ0n) is 13.3. The molecule has 2 aliphatic rings. The van der Waals surface area contributed by atoms with Crippen LogP contribution in [-0.2, 0) is 14.3 Å². The number of piperidine rings is 1. The first-order valence-electron chi connectivity index (χ1n) is 8.29. The maximum Gasteiger partial charge on any atom is 0.228 e. The van der Waals surface area contributed by atoms with Gasteiger partial charge in [0.05, 0.1) is 18.4 Å². The van der Waals surface area contributed by atoms with Gasteiger partial charge in [-0.2, -0.15) is 0 Å². The minimum absolute atomic E-state index is 0.00523. The second-order valence-electron chi connectivity index (χ2n) is 6.32. The summed E-state index contributed by atoms with van der Waals surface area (Å²) in [6.45, 7) is 6.71. The van der Waals surface area contributed by atoms with Gasteiger partial charge in [0.15, 0.2) is 0 Å². The first kappa shape index (κ1) is 16.3. The number of hydrogen-bond acceptors (Lipinski definition) is 3. The van der Waals surface area contributed by atoms with Crippen LogP contribution in [0.5, 0.6) is 0 Å². The van der Waals surface area contributed by atoms with Crippen molar-refractivity contribution >= 4 is 11.8 Å². The largest absolute Gasteiger partial charge is 0.381 e. The van der Waals surface area contributed by atoms with Gasteiger partial charge in [0.1, 0.15) is 0 Å². The van der Waals surface area contributed by atoms with E-state index in [1.165, 1.54) is 0 Å². The smallest absolute Gasteiger partial charge is 0.228 e. The molecular formula is C16H28N2O3. The van der Waals surface area contributed by atoms with Crippen molar-refractivity contribution in [2.75, 3.05) is 26.3 Å². The lowest BCUT2D eigenvalue weighted by Crippen LogP contribution is -2.51. The van der Waals surface area contributed by atoms with Crippen molar-refractivity contribution in [1.82, 2.24) is 10.2 Å². The topological polar surface area (TPSA) is 58.6 Å². The van der Waals surface area contributed by atoms with Crippen LogP contribution < -0.4 is 5.32 Å². The average Bonchev–Trinajstić information content (AvgIpc) is 3.01. The number of ether oxygens (including phenoxy) is 1. The Morgan fingerprint density at radius 3 is 2.71 bits per heavy atom. The summed E-state index contributed by atoms with van der Waals surface area (Å²) in [5, 5.41) is 3.00. The summed E-state index contributed by atoms with van der Waals surface area (Å²) in [4.78, 5) is 26.7. The van der Waals surface area contributed by atoms with E-state index in [0.717, 1.165) is 38.6 Å². The molecule has 2 saturated heterocycles. The van der Waals surface area contributed by atoms with Gasteiger partial charge < -0.3 is 15.0 Å². The molecule has 5 nitrogen and oxygen atoms in total. The fraction of sp³-hybridized carbons (Fsp3) is 0.875. The third-order valence-electron chi connectivity index (χ3n) is 4.64. The fourth-order valence-electron chi connectivity index (χ4n) is 3.12. The highest BCUT2D eigenvalue weighted by molar-refractivity contribution is 5.82. The van der Waals surface area contributed by atoms with Crippen molar-refractivity contribution in [3.05, 3.63) is 0 Å². The van der Waals surface area contributed by atoms with Crippen molar-refractivity contribution in [3.8, 4) is 0 Å². The molecule has 3 atom stereocenters. The first-order chi connectivity index (χ1) is 10.1. The summed E-state index contributed by atoms with van der Waals surface area (Å²) in [6, 6.07) is 0.234. The van der Waals surface area contributed by atoms with Crippen molar-refractivity contribution in [2.45, 2.75) is 52.0 Å². The van der Waals surface area contributed by atoms with Gasteiger partial charge in [0.25, 0.3) is 0 Å². The van der Waals surface area contributed by atoms with Crippen LogP contribution in [-0.4, -0.2) is 49.1 Å². The number of carbonyl (C=O) groups excluding carboxylic acids is 2. The summed E-state index contributed by atoms with van der Waals surface area (Å²) in [5.41, 5.74) is 0. The molecule has 0 aliphatic carbocycles. The Morgan fingerprint density at radius 1 is 1.24 bits per heavy atom. The van der Waals surface area contributed by atoms with Crippen molar-refractivity contribution in [1.29, 1.82) is 0 Å². The summed E-state index contributed by atoms with van der Waals surface area (Å²) in [5.74, 6) is 0.223. The monoisotopic (exact) mass is 296 g/mol. The molecular weight excluding hydrogens is 268 g/mol. The summed E-state index contributed by atoms with van der Waals surface area (Å²) >= 11 is 0. The summed E-state index contributed by atoms with van der Waals surface area (Å²) in [7, 11) is 0. The van der Waals surface area contributed by atoms with E-state index in [0.29, 0.717) is 19.8 Å². The van der Waals surface area contributed by atoms with Crippen molar-refractivity contribution in [3.63, 3.8) is 0 Å². The van der Waals surface area contributed by atoms with Crippen LogP contribution in [0.1, 0.15) is 46.0 Å². The first-order valence-corrected chi connectivity index (χ1v) is 8.29. The molecule has 0 radical (unpaired) electrons. The molecule has 0 spiro atoms. The normalized spacial score (nSPS) is 29.4. The molecule has 0 aromatic rings. The molecule has 3 unspecified atom stereocenters. The van der Waals surface area contributed by atoms with E-state index >= 15 is 0 Å². The molecule has 2 rings (SSSR count). The number of nitrogens with zero attached hydrogens (tertiary/aromatic N) is 1. The van der Waals surface area contributed by atoms with E-state index in [1.54, 1.807) is 0 Å². The zero-order valence-corrected chi connectivity index (χ0v) is 13.3. The van der Waals surface area contributed by atoms with Gasteiger partial charge >= 0.3 is 0 Å². The summed E-state index contributed by atoms with van der Waals surface area (Å²) < 4.78 is 5.32. The minimum Gasteiger partial charge on any atom is -0.381 e. The molecule has 120 valence electrons. The number of amides is 2. The molecule has 0 aromatic heterocycles. The molecule has 2 heterocycles. The van der Waals surface area contributed by atoms with Crippen LogP contribution >= 0.6 is 0 Å². The zero-order chi connectivity index (χ0) is 15.2. The lowest BCUT2D eigenvalue weighted by Gasteiger charge is -2.38. The Labute approximate surface area is 127 Å². The molecule has 0 bridgehead atoms. The molecule has 2 aliphatic heterocycles. The minimum atomic E-state index is -0.0515. The maximum absolute atomic E-state index is 12.6. The molecule has 0 aromatic carbocycles. The Morgan fingerprint density at radius 2 is 2.05 bits per heavy atom. The number of rotatable bonds is 5. The number of unbranched alkanes of at least 4 members (excludes halogenated alkanes) is 1. The summed E-state index contributed by atoms with van der Waals surface area (Å²) in [6.07, 6.45) is 4.69. The quantitative estimate of drug-likeness (QED) is 0.783. The standard InChI is InChI=1S/C16H28N2O3/c1-3-4-8-17-15(19)13-6-5-12(2)18(10-13)16(20)14-7-9-21-11-14/h12-14H,3-11H2,1-2H3,(H,17,19). The average molecular weight is 296 g/mol. The van der Waals surface area contributed by atoms with E-state index in [2.05, 4.69) is 19.2 Å². The highest BCUT2D eigenvalue weighted by atomic mass is 16.5.